The normalized spacial score (nSPS) is 23.3. The van der Waals surface area contributed by atoms with Crippen molar-refractivity contribution >= 4 is 11.9 Å². The number of ether oxygens (including phenoxy) is 2. The Morgan fingerprint density at radius 1 is 1.21 bits per heavy atom. The highest BCUT2D eigenvalue weighted by Crippen LogP contribution is 2.24. The second-order valence-corrected chi connectivity index (χ2v) is 7.05. The number of aryl methyl sites for hydroxylation is 1. The number of furan rings is 1. The SMILES string of the molecule is CC(=O)N1CCOCC2(CN(Cc3ccc(C)o3)CCO2)C1.O=C(O)C(F)(F)F. The molecule has 2 saturated heterocycles. The molecule has 8 nitrogen and oxygen atoms in total. The Morgan fingerprint density at radius 3 is 2.45 bits per heavy atom. The second kappa shape index (κ2) is 9.59. The molecule has 2 fully saturated rings. The molecule has 0 bridgehead atoms. The van der Waals surface area contributed by atoms with Gasteiger partial charge in [0.15, 0.2) is 0 Å². The molecule has 1 N–H and O–H groups in total. The summed E-state index contributed by atoms with van der Waals surface area (Å²) in [5.74, 6) is -0.786. The number of carbonyl (C=O) groups excluding carboxylic acids is 1. The van der Waals surface area contributed by atoms with E-state index in [1.807, 2.05) is 24.0 Å². The van der Waals surface area contributed by atoms with Crippen LogP contribution in [0.3, 0.4) is 0 Å². The van der Waals surface area contributed by atoms with Crippen molar-refractivity contribution in [3.8, 4) is 0 Å². The average molecular weight is 422 g/mol. The van der Waals surface area contributed by atoms with Crippen molar-refractivity contribution in [3.05, 3.63) is 23.7 Å². The molecule has 0 aliphatic carbocycles. The van der Waals surface area contributed by atoms with Gasteiger partial charge in [-0.15, -0.1) is 0 Å². The maximum absolute atomic E-state index is 11.7. The van der Waals surface area contributed by atoms with E-state index in [4.69, 9.17) is 23.8 Å². The Labute approximate surface area is 166 Å². The maximum atomic E-state index is 11.7. The molecule has 29 heavy (non-hydrogen) atoms. The number of aliphatic carboxylic acids is 1. The molecule has 2 aliphatic heterocycles. The lowest BCUT2D eigenvalue weighted by Crippen LogP contribution is -2.58. The van der Waals surface area contributed by atoms with Gasteiger partial charge < -0.3 is 23.9 Å². The molecule has 1 atom stereocenters. The number of amides is 1. The first-order valence-corrected chi connectivity index (χ1v) is 9.06. The first kappa shape index (κ1) is 23.2. The molecule has 164 valence electrons. The van der Waals surface area contributed by atoms with Gasteiger partial charge in [-0.2, -0.15) is 13.2 Å². The number of rotatable bonds is 2. The zero-order valence-electron chi connectivity index (χ0n) is 16.3. The predicted molar refractivity (Wildman–Crippen MR) is 94.2 cm³/mol. The van der Waals surface area contributed by atoms with Crippen LogP contribution in [0.1, 0.15) is 18.4 Å². The number of halogens is 3. The zero-order chi connectivity index (χ0) is 21.7. The molecule has 0 radical (unpaired) electrons. The fourth-order valence-corrected chi connectivity index (χ4v) is 3.21. The third kappa shape index (κ3) is 7.02. The number of carboxylic acid groups (broad SMARTS) is 1. The molecular weight excluding hydrogens is 397 g/mol. The molecule has 11 heteroatoms. The number of nitrogens with zero attached hydrogens (tertiary/aromatic N) is 2. The van der Waals surface area contributed by atoms with Crippen LogP contribution < -0.4 is 0 Å². The smallest absolute Gasteiger partial charge is 0.475 e. The van der Waals surface area contributed by atoms with Crippen molar-refractivity contribution in [2.45, 2.75) is 32.2 Å². The van der Waals surface area contributed by atoms with Gasteiger partial charge in [0, 0.05) is 26.6 Å². The number of hydrogen-bond acceptors (Lipinski definition) is 6. The second-order valence-electron chi connectivity index (χ2n) is 7.05. The summed E-state index contributed by atoms with van der Waals surface area (Å²) in [7, 11) is 0. The van der Waals surface area contributed by atoms with Gasteiger partial charge in [-0.25, -0.2) is 4.79 Å². The summed E-state index contributed by atoms with van der Waals surface area (Å²) in [6.07, 6.45) is -5.08. The van der Waals surface area contributed by atoms with Crippen molar-refractivity contribution < 1.29 is 41.8 Å². The summed E-state index contributed by atoms with van der Waals surface area (Å²) in [5.41, 5.74) is -0.429. The Balaban J connectivity index is 0.000000370. The molecule has 1 aromatic rings. The van der Waals surface area contributed by atoms with Crippen molar-refractivity contribution in [3.63, 3.8) is 0 Å². The fraction of sp³-hybridized carbons (Fsp3) is 0.667. The van der Waals surface area contributed by atoms with Crippen LogP contribution in [-0.2, 0) is 25.6 Å². The number of alkyl halides is 3. The quantitative estimate of drug-likeness (QED) is 0.775. The van der Waals surface area contributed by atoms with Gasteiger partial charge >= 0.3 is 12.1 Å². The van der Waals surface area contributed by atoms with Crippen LogP contribution in [-0.4, -0.2) is 84.6 Å². The maximum Gasteiger partial charge on any atom is 0.490 e. The lowest BCUT2D eigenvalue weighted by Gasteiger charge is -2.43. The minimum atomic E-state index is -5.08. The lowest BCUT2D eigenvalue weighted by molar-refractivity contribution is -0.192. The third-order valence-corrected chi connectivity index (χ3v) is 4.54. The average Bonchev–Trinajstić information content (AvgIpc) is 2.91. The molecule has 1 aromatic heterocycles. The minimum absolute atomic E-state index is 0.0762. The van der Waals surface area contributed by atoms with Crippen molar-refractivity contribution in [1.29, 1.82) is 0 Å². The lowest BCUT2D eigenvalue weighted by atomic mass is 10.0. The molecule has 0 saturated carbocycles. The van der Waals surface area contributed by atoms with Crippen LogP contribution in [0.2, 0.25) is 0 Å². The predicted octanol–water partition coefficient (Wildman–Crippen LogP) is 1.67. The van der Waals surface area contributed by atoms with Crippen LogP contribution >= 0.6 is 0 Å². The summed E-state index contributed by atoms with van der Waals surface area (Å²) in [4.78, 5) is 24.8. The molecule has 2 aliphatic rings. The molecule has 1 spiro atoms. The van der Waals surface area contributed by atoms with E-state index in [0.29, 0.717) is 32.9 Å². The van der Waals surface area contributed by atoms with E-state index in [1.54, 1.807) is 6.92 Å². The molecule has 1 unspecified atom stereocenters. The number of carbonyl (C=O) groups is 2. The standard InChI is InChI=1S/C16H24N2O4.C2HF3O2/c1-13-3-4-15(22-13)9-17-5-8-21-16(10-17)11-18(14(2)19)6-7-20-12-16;3-2(4,5)1(6)7/h3-4H,5-12H2,1-2H3;(H,6,7). The van der Waals surface area contributed by atoms with E-state index in [0.717, 1.165) is 31.2 Å². The van der Waals surface area contributed by atoms with Gasteiger partial charge in [0.1, 0.15) is 17.1 Å². The van der Waals surface area contributed by atoms with Gasteiger partial charge in [0.25, 0.3) is 0 Å². The summed E-state index contributed by atoms with van der Waals surface area (Å²) in [6, 6.07) is 4.00. The number of carboxylic acids is 1. The van der Waals surface area contributed by atoms with E-state index in [9.17, 15) is 18.0 Å². The summed E-state index contributed by atoms with van der Waals surface area (Å²) in [6.45, 7) is 8.91. The molecule has 0 aromatic carbocycles. The van der Waals surface area contributed by atoms with Crippen LogP contribution in [0.25, 0.3) is 0 Å². The monoisotopic (exact) mass is 422 g/mol. The topological polar surface area (TPSA) is 92.5 Å². The van der Waals surface area contributed by atoms with Gasteiger partial charge in [0.05, 0.1) is 32.9 Å². The van der Waals surface area contributed by atoms with Crippen molar-refractivity contribution in [1.82, 2.24) is 9.80 Å². The zero-order valence-corrected chi connectivity index (χ0v) is 16.3. The molecule has 1 amide bonds. The highest BCUT2D eigenvalue weighted by atomic mass is 19.4. The Morgan fingerprint density at radius 2 is 1.90 bits per heavy atom. The molecule has 3 heterocycles. The van der Waals surface area contributed by atoms with Gasteiger partial charge in [0.2, 0.25) is 5.91 Å². The number of morpholine rings is 1. The number of hydrogen-bond donors (Lipinski definition) is 1. The summed E-state index contributed by atoms with van der Waals surface area (Å²) < 4.78 is 49.2. The van der Waals surface area contributed by atoms with Crippen LogP contribution in [0, 0.1) is 6.92 Å². The minimum Gasteiger partial charge on any atom is -0.475 e. The van der Waals surface area contributed by atoms with Gasteiger partial charge in [-0.05, 0) is 19.1 Å². The molecular formula is C18H25F3N2O6. The van der Waals surface area contributed by atoms with Crippen LogP contribution in [0.15, 0.2) is 16.5 Å². The highest BCUT2D eigenvalue weighted by Gasteiger charge is 2.41. The van der Waals surface area contributed by atoms with Crippen LogP contribution in [0.4, 0.5) is 13.2 Å². The van der Waals surface area contributed by atoms with Gasteiger partial charge in [-0.3, -0.25) is 9.69 Å². The molecule has 3 rings (SSSR count). The Hall–Kier alpha value is -2.11. The van der Waals surface area contributed by atoms with E-state index < -0.39 is 17.7 Å². The fourth-order valence-electron chi connectivity index (χ4n) is 3.21. The van der Waals surface area contributed by atoms with Gasteiger partial charge in [-0.1, -0.05) is 0 Å². The first-order valence-electron chi connectivity index (χ1n) is 9.06. The van der Waals surface area contributed by atoms with E-state index >= 15 is 0 Å². The first-order chi connectivity index (χ1) is 13.5. The van der Waals surface area contributed by atoms with E-state index in [2.05, 4.69) is 4.90 Å². The highest BCUT2D eigenvalue weighted by molar-refractivity contribution is 5.73. The van der Waals surface area contributed by atoms with E-state index in [1.165, 1.54) is 0 Å². The Kier molecular flexibility index (Phi) is 7.66. The third-order valence-electron chi connectivity index (χ3n) is 4.54. The van der Waals surface area contributed by atoms with Crippen molar-refractivity contribution in [2.24, 2.45) is 0 Å². The summed E-state index contributed by atoms with van der Waals surface area (Å²) in [5, 5.41) is 7.12. The van der Waals surface area contributed by atoms with Crippen LogP contribution in [0.5, 0.6) is 0 Å². The van der Waals surface area contributed by atoms with E-state index in [-0.39, 0.29) is 5.91 Å². The van der Waals surface area contributed by atoms with Crippen molar-refractivity contribution in [2.75, 3.05) is 46.0 Å². The largest absolute Gasteiger partial charge is 0.490 e. The summed E-state index contributed by atoms with van der Waals surface area (Å²) >= 11 is 0. The Bertz CT molecular complexity index is 708.